The fraction of sp³-hybridized carbons (Fsp3) is 0.480. The molecule has 2 aromatic rings. The van der Waals surface area contributed by atoms with Gasteiger partial charge in [0.2, 0.25) is 5.91 Å². The van der Waals surface area contributed by atoms with Gasteiger partial charge >= 0.3 is 0 Å². The van der Waals surface area contributed by atoms with Gasteiger partial charge in [0.25, 0.3) is 11.8 Å². The van der Waals surface area contributed by atoms with Gasteiger partial charge in [0.15, 0.2) is 0 Å². The molecule has 1 atom stereocenters. The summed E-state index contributed by atoms with van der Waals surface area (Å²) in [6.45, 7) is 6.63. The summed E-state index contributed by atoms with van der Waals surface area (Å²) in [6.07, 6.45) is 3.41. The highest BCUT2D eigenvalue weighted by Gasteiger charge is 2.23. The van der Waals surface area contributed by atoms with Crippen LogP contribution in [0.3, 0.4) is 0 Å². The number of carbonyl (C=O) groups is 3. The first-order chi connectivity index (χ1) is 16.7. The van der Waals surface area contributed by atoms with Crippen molar-refractivity contribution in [2.75, 3.05) is 26.2 Å². The van der Waals surface area contributed by atoms with Gasteiger partial charge in [0.1, 0.15) is 23.9 Å². The van der Waals surface area contributed by atoms with E-state index >= 15 is 0 Å². The zero-order chi connectivity index (χ0) is 25.4. The van der Waals surface area contributed by atoms with Crippen molar-refractivity contribution in [1.82, 2.24) is 25.5 Å². The molecule has 35 heavy (non-hydrogen) atoms. The van der Waals surface area contributed by atoms with Gasteiger partial charge < -0.3 is 20.3 Å². The molecular weight excluding hydrogens is 470 g/mol. The van der Waals surface area contributed by atoms with Gasteiger partial charge in [-0.25, -0.2) is 9.97 Å². The largest absolute Gasteiger partial charge is 0.491 e. The van der Waals surface area contributed by atoms with Crippen LogP contribution in [-0.4, -0.2) is 64.9 Å². The Morgan fingerprint density at radius 1 is 1.26 bits per heavy atom. The summed E-state index contributed by atoms with van der Waals surface area (Å²) in [7, 11) is 0. The number of hydrogen-bond donors (Lipinski definition) is 2. The zero-order valence-electron chi connectivity index (χ0n) is 20.3. The average Bonchev–Trinajstić information content (AvgIpc) is 2.81. The number of rotatable bonds is 3. The number of aromatic nitrogens is 2. The Morgan fingerprint density at radius 3 is 2.80 bits per heavy atom. The van der Waals surface area contributed by atoms with Crippen LogP contribution in [0.4, 0.5) is 0 Å². The second kappa shape index (κ2) is 12.5. The van der Waals surface area contributed by atoms with Gasteiger partial charge in [-0.2, -0.15) is 0 Å². The molecule has 3 amide bonds. The van der Waals surface area contributed by atoms with Crippen molar-refractivity contribution in [3.63, 3.8) is 0 Å². The first kappa shape index (κ1) is 26.4. The van der Waals surface area contributed by atoms with E-state index < -0.39 is 0 Å². The quantitative estimate of drug-likeness (QED) is 0.668. The summed E-state index contributed by atoms with van der Waals surface area (Å²) in [5.74, 6) is 0.277. The first-order valence-electron chi connectivity index (χ1n) is 11.8. The highest BCUT2D eigenvalue weighted by atomic mass is 35.5. The number of benzene rings is 1. The van der Waals surface area contributed by atoms with Gasteiger partial charge in [-0.15, -0.1) is 0 Å². The van der Waals surface area contributed by atoms with Gasteiger partial charge in [-0.05, 0) is 56.4 Å². The van der Waals surface area contributed by atoms with Crippen LogP contribution in [0.15, 0.2) is 30.5 Å². The molecule has 1 aromatic heterocycles. The number of nitrogens with zero attached hydrogens (tertiary/aromatic N) is 3. The van der Waals surface area contributed by atoms with E-state index in [1.165, 1.54) is 11.1 Å². The first-order valence-corrected chi connectivity index (χ1v) is 12.2. The number of amides is 3. The number of carbonyl (C=O) groups excluding carboxylic acids is 3. The van der Waals surface area contributed by atoms with E-state index in [1.807, 2.05) is 0 Å². The maximum atomic E-state index is 13.1. The molecule has 0 unspecified atom stereocenters. The number of fused-ring (bicyclic) bond motifs is 1. The lowest BCUT2D eigenvalue weighted by Crippen LogP contribution is -2.47. The van der Waals surface area contributed by atoms with Crippen molar-refractivity contribution in [3.8, 4) is 5.75 Å². The zero-order valence-corrected chi connectivity index (χ0v) is 21.1. The maximum absolute atomic E-state index is 13.1. The van der Waals surface area contributed by atoms with Crippen molar-refractivity contribution < 1.29 is 19.1 Å². The number of halogens is 1. The summed E-state index contributed by atoms with van der Waals surface area (Å²) in [5, 5.41) is 6.32. The third kappa shape index (κ3) is 7.92. The van der Waals surface area contributed by atoms with Crippen molar-refractivity contribution >= 4 is 29.3 Å². The molecule has 1 aromatic carbocycles. The van der Waals surface area contributed by atoms with Crippen LogP contribution in [0.1, 0.15) is 59.8 Å². The predicted octanol–water partition coefficient (Wildman–Crippen LogP) is 3.01. The Balaban J connectivity index is 1.83. The number of aryl methyl sites for hydroxylation is 1. The third-order valence-electron chi connectivity index (χ3n) is 5.50. The smallest absolute Gasteiger partial charge is 0.273 e. The fourth-order valence-electron chi connectivity index (χ4n) is 3.89. The molecule has 0 bridgehead atoms. The molecular formula is C25H32ClN5O4. The number of ether oxygens (including phenoxy) is 1. The molecule has 1 aliphatic heterocycles. The van der Waals surface area contributed by atoms with E-state index in [0.29, 0.717) is 60.4 Å². The van der Waals surface area contributed by atoms with Crippen molar-refractivity contribution in [2.45, 2.75) is 46.1 Å². The SMILES string of the molecule is Cc1nccc(C(=O)N2CCCCNC(=O)c3cc(Cl)ccc3OC[C@H](CC(C)C)NC(=O)C2)n1. The molecule has 2 heterocycles. The van der Waals surface area contributed by atoms with E-state index in [-0.39, 0.29) is 42.6 Å². The Morgan fingerprint density at radius 2 is 2.06 bits per heavy atom. The molecule has 188 valence electrons. The summed E-state index contributed by atoms with van der Waals surface area (Å²) in [4.78, 5) is 48.7. The van der Waals surface area contributed by atoms with E-state index in [1.54, 1.807) is 31.2 Å². The van der Waals surface area contributed by atoms with Crippen LogP contribution < -0.4 is 15.4 Å². The number of hydrogen-bond acceptors (Lipinski definition) is 6. The fourth-order valence-corrected chi connectivity index (χ4v) is 4.07. The molecule has 0 aliphatic carbocycles. The Bertz CT molecular complexity index is 1060. The molecule has 9 nitrogen and oxygen atoms in total. The van der Waals surface area contributed by atoms with E-state index in [0.717, 1.165) is 0 Å². The van der Waals surface area contributed by atoms with Crippen LogP contribution >= 0.6 is 11.6 Å². The van der Waals surface area contributed by atoms with Gasteiger partial charge in [-0.1, -0.05) is 25.4 Å². The Kier molecular flexibility index (Phi) is 9.42. The molecule has 1 aliphatic rings. The Hall–Kier alpha value is -3.20. The van der Waals surface area contributed by atoms with E-state index in [2.05, 4.69) is 34.4 Å². The van der Waals surface area contributed by atoms with Crippen LogP contribution in [0, 0.1) is 12.8 Å². The van der Waals surface area contributed by atoms with Gasteiger partial charge in [0, 0.05) is 24.3 Å². The minimum absolute atomic E-state index is 0.102. The highest BCUT2D eigenvalue weighted by molar-refractivity contribution is 6.31. The van der Waals surface area contributed by atoms with Crippen LogP contribution in [-0.2, 0) is 4.79 Å². The second-order valence-electron chi connectivity index (χ2n) is 9.02. The predicted molar refractivity (Wildman–Crippen MR) is 133 cm³/mol. The van der Waals surface area contributed by atoms with Crippen molar-refractivity contribution in [1.29, 1.82) is 0 Å². The standard InChI is InChI=1S/C25H32ClN5O4/c1-16(2)12-19-15-35-22-7-6-18(26)13-20(22)24(33)28-9-4-5-11-31(14-23(32)30-19)25(34)21-8-10-27-17(3)29-21/h6-8,10,13,16,19H,4-5,9,11-12,14-15H2,1-3H3,(H,28,33)(H,30,32)/t19-/m0/s1. The topological polar surface area (TPSA) is 114 Å². The van der Waals surface area contributed by atoms with Crippen LogP contribution in [0.25, 0.3) is 0 Å². The van der Waals surface area contributed by atoms with Gasteiger partial charge in [-0.3, -0.25) is 14.4 Å². The van der Waals surface area contributed by atoms with E-state index in [9.17, 15) is 14.4 Å². The molecule has 0 saturated carbocycles. The van der Waals surface area contributed by atoms with Crippen LogP contribution in [0.5, 0.6) is 5.75 Å². The molecule has 0 radical (unpaired) electrons. The monoisotopic (exact) mass is 501 g/mol. The normalized spacial score (nSPS) is 18.0. The van der Waals surface area contributed by atoms with Crippen molar-refractivity contribution in [3.05, 3.63) is 52.6 Å². The molecule has 3 rings (SSSR count). The summed E-state index contributed by atoms with van der Waals surface area (Å²) >= 11 is 6.12. The molecule has 0 saturated heterocycles. The minimum Gasteiger partial charge on any atom is -0.491 e. The highest BCUT2D eigenvalue weighted by Crippen LogP contribution is 2.24. The second-order valence-corrected chi connectivity index (χ2v) is 9.46. The summed E-state index contributed by atoms with van der Waals surface area (Å²) in [6, 6.07) is 6.13. The summed E-state index contributed by atoms with van der Waals surface area (Å²) < 4.78 is 5.98. The third-order valence-corrected chi connectivity index (χ3v) is 5.74. The molecule has 0 spiro atoms. The van der Waals surface area contributed by atoms with Gasteiger partial charge in [0.05, 0.1) is 18.2 Å². The number of nitrogens with one attached hydrogen (secondary N) is 2. The summed E-state index contributed by atoms with van der Waals surface area (Å²) in [5.41, 5.74) is 0.587. The average molecular weight is 502 g/mol. The van der Waals surface area contributed by atoms with Crippen LogP contribution in [0.2, 0.25) is 5.02 Å². The lowest BCUT2D eigenvalue weighted by atomic mass is 10.0. The Labute approximate surface area is 210 Å². The molecule has 10 heteroatoms. The minimum atomic E-state index is -0.335. The van der Waals surface area contributed by atoms with Crippen molar-refractivity contribution in [2.24, 2.45) is 5.92 Å². The molecule has 0 fully saturated rings. The molecule has 2 N–H and O–H groups in total. The maximum Gasteiger partial charge on any atom is 0.273 e. The lowest BCUT2D eigenvalue weighted by Gasteiger charge is -2.25. The van der Waals surface area contributed by atoms with E-state index in [4.69, 9.17) is 16.3 Å². The lowest BCUT2D eigenvalue weighted by molar-refractivity contribution is -0.122.